The molecule has 0 spiro atoms. The third-order valence-corrected chi connectivity index (χ3v) is 9.57. The highest BCUT2D eigenvalue weighted by atomic mass is 32.2. The van der Waals surface area contributed by atoms with Gasteiger partial charge in [0.25, 0.3) is 0 Å². The minimum absolute atomic E-state index is 0.0673. The lowest BCUT2D eigenvalue weighted by Crippen LogP contribution is -2.53. The molecule has 2 aromatic carbocycles. The lowest BCUT2D eigenvalue weighted by molar-refractivity contribution is -0.125. The number of amides is 1. The number of hydrogen-bond donors (Lipinski definition) is 4. The average Bonchev–Trinajstić information content (AvgIpc) is 3.49. The van der Waals surface area contributed by atoms with Gasteiger partial charge < -0.3 is 25.3 Å². The van der Waals surface area contributed by atoms with Gasteiger partial charge in [0, 0.05) is 23.3 Å². The summed E-state index contributed by atoms with van der Waals surface area (Å²) in [5, 5.41) is 8.42. The maximum atomic E-state index is 12.5. The van der Waals surface area contributed by atoms with Crippen LogP contribution in [0.3, 0.4) is 0 Å². The van der Waals surface area contributed by atoms with Crippen LogP contribution in [0, 0.1) is 5.92 Å². The van der Waals surface area contributed by atoms with Crippen molar-refractivity contribution in [1.82, 2.24) is 25.2 Å². The van der Waals surface area contributed by atoms with Crippen LogP contribution < -0.4 is 15.4 Å². The maximum absolute atomic E-state index is 12.5. The van der Waals surface area contributed by atoms with E-state index in [9.17, 15) is 22.8 Å². The number of para-hydroxylation sites is 1. The fourth-order valence-electron chi connectivity index (χ4n) is 5.05. The van der Waals surface area contributed by atoms with Gasteiger partial charge in [-0.15, -0.1) is 0 Å². The van der Waals surface area contributed by atoms with E-state index in [4.69, 9.17) is 0 Å². The summed E-state index contributed by atoms with van der Waals surface area (Å²) < 4.78 is 27.6. The SMILES string of the molecule is C=N/C=C\SC(=O)C(Cc1c[nH]c2ccccc12)NC.CC.CN1CCC(C(NS(=O)(=O)Cc2ccccc2)C(=O)NCC=O)CC1. The lowest BCUT2D eigenvalue weighted by atomic mass is 9.89. The number of thioether (sulfide) groups is 1. The molecule has 1 fully saturated rings. The highest BCUT2D eigenvalue weighted by Crippen LogP contribution is 2.22. The molecule has 1 aliphatic heterocycles. The van der Waals surface area contributed by atoms with Gasteiger partial charge in [-0.2, -0.15) is 0 Å². The van der Waals surface area contributed by atoms with Crippen molar-refractivity contribution < 1.29 is 22.8 Å². The predicted molar refractivity (Wildman–Crippen MR) is 193 cm³/mol. The van der Waals surface area contributed by atoms with E-state index < -0.39 is 22.0 Å². The molecule has 4 rings (SSSR count). The van der Waals surface area contributed by atoms with Crippen molar-refractivity contribution in [3.8, 4) is 0 Å². The summed E-state index contributed by atoms with van der Waals surface area (Å²) in [6, 6.07) is 15.8. The predicted octanol–water partition coefficient (Wildman–Crippen LogP) is 3.89. The summed E-state index contributed by atoms with van der Waals surface area (Å²) in [6.07, 6.45) is 6.17. The molecule has 2 heterocycles. The number of nitrogens with one attached hydrogen (secondary N) is 4. The van der Waals surface area contributed by atoms with Gasteiger partial charge in [-0.05, 0) is 81.7 Å². The number of piperidine rings is 1. The largest absolute Gasteiger partial charge is 0.361 e. The standard InChI is InChI=1S/C17H25N3O4S.C15H17N3OS.C2H6/c1-20-10-7-15(8-11-20)16(17(22)18-9-12-21)19-25(23,24)13-14-5-3-2-4-6-14;1-16-7-8-20-15(19)14(17-2)9-11-10-18-13-6-4-3-5-12(11)13;1-2/h2-6,12,15-16,19H,7-11,13H2,1H3,(H,18,22);3-8,10,14,17-18H,1,9H2,2H3;1-2H3/b;8-7-;. The highest BCUT2D eigenvalue weighted by Gasteiger charge is 2.33. The number of fused-ring (bicyclic) bond motifs is 1. The van der Waals surface area contributed by atoms with E-state index in [1.165, 1.54) is 6.20 Å². The molecule has 0 radical (unpaired) electrons. The second kappa shape index (κ2) is 21.3. The molecule has 1 saturated heterocycles. The third kappa shape index (κ3) is 13.6. The molecule has 3 aromatic rings. The molecule has 4 N–H and O–H groups in total. The van der Waals surface area contributed by atoms with E-state index in [1.54, 1.807) is 36.7 Å². The summed E-state index contributed by atoms with van der Waals surface area (Å²) in [7, 11) is 0.117. The number of hydrogen-bond acceptors (Lipinski definition) is 9. The highest BCUT2D eigenvalue weighted by molar-refractivity contribution is 8.16. The minimum atomic E-state index is -3.68. The van der Waals surface area contributed by atoms with Crippen LogP contribution in [0.1, 0.15) is 37.8 Å². The fourth-order valence-corrected chi connectivity index (χ4v) is 7.10. The van der Waals surface area contributed by atoms with Gasteiger partial charge in [0.2, 0.25) is 21.0 Å². The number of carbonyl (C=O) groups is 3. The van der Waals surface area contributed by atoms with Crippen molar-refractivity contribution in [3.05, 3.63) is 83.5 Å². The molecule has 47 heavy (non-hydrogen) atoms. The number of rotatable bonds is 14. The van der Waals surface area contributed by atoms with E-state index in [0.29, 0.717) is 18.3 Å². The quantitative estimate of drug-likeness (QED) is 0.148. The molecule has 0 saturated carbocycles. The van der Waals surface area contributed by atoms with Crippen LogP contribution in [0.25, 0.3) is 10.9 Å². The van der Waals surface area contributed by atoms with Gasteiger partial charge in [0.05, 0.1) is 18.3 Å². The Bertz CT molecular complexity index is 1540. The zero-order valence-electron chi connectivity index (χ0n) is 27.6. The second-order valence-corrected chi connectivity index (χ2v) is 13.4. The number of nitrogens with zero attached hydrogens (tertiary/aromatic N) is 2. The summed E-state index contributed by atoms with van der Waals surface area (Å²) in [4.78, 5) is 44.0. The van der Waals surface area contributed by atoms with Crippen molar-refractivity contribution in [2.75, 3.05) is 33.7 Å². The molecule has 13 heteroatoms. The topological polar surface area (TPSA) is 153 Å². The Balaban J connectivity index is 0.000000317. The number of likely N-dealkylation sites (tertiary alicyclic amines) is 1. The van der Waals surface area contributed by atoms with E-state index in [0.717, 1.165) is 54.2 Å². The first-order valence-corrected chi connectivity index (χ1v) is 18.2. The van der Waals surface area contributed by atoms with Crippen LogP contribution in [0.4, 0.5) is 0 Å². The van der Waals surface area contributed by atoms with Gasteiger partial charge in [0.15, 0.2) is 0 Å². The van der Waals surface area contributed by atoms with Gasteiger partial charge in [-0.1, -0.05) is 74.1 Å². The van der Waals surface area contributed by atoms with Crippen molar-refractivity contribution in [2.45, 2.75) is 50.9 Å². The first-order valence-electron chi connectivity index (χ1n) is 15.6. The number of aliphatic imine (C=N–C) groups is 1. The number of aromatic nitrogens is 1. The van der Waals surface area contributed by atoms with E-state index in [2.05, 4.69) is 43.0 Å². The van der Waals surface area contributed by atoms with Crippen LogP contribution in [0.15, 0.2) is 77.4 Å². The molecular weight excluding hydrogens is 637 g/mol. The first-order chi connectivity index (χ1) is 22.7. The maximum Gasteiger partial charge on any atom is 0.238 e. The Hall–Kier alpha value is -3.62. The first kappa shape index (κ1) is 39.6. The normalized spacial score (nSPS) is 15.1. The number of aromatic amines is 1. The van der Waals surface area contributed by atoms with Crippen LogP contribution in [-0.4, -0.2) is 88.1 Å². The van der Waals surface area contributed by atoms with Crippen molar-refractivity contribution >= 4 is 56.7 Å². The molecular formula is C34H48N6O5S2. The van der Waals surface area contributed by atoms with Gasteiger partial charge in [-0.3, -0.25) is 14.6 Å². The summed E-state index contributed by atoms with van der Waals surface area (Å²) in [6.45, 7) is 8.83. The molecule has 0 aliphatic carbocycles. The van der Waals surface area contributed by atoms with Crippen LogP contribution >= 0.6 is 11.8 Å². The molecule has 0 bridgehead atoms. The number of likely N-dealkylation sites (N-methyl/N-ethyl adjacent to an activating group) is 1. The van der Waals surface area contributed by atoms with Gasteiger partial charge in [-0.25, -0.2) is 13.1 Å². The Kier molecular flexibility index (Phi) is 17.9. The summed E-state index contributed by atoms with van der Waals surface area (Å²) in [5.41, 5.74) is 2.89. The number of carbonyl (C=O) groups excluding carboxylic acids is 3. The minimum Gasteiger partial charge on any atom is -0.361 e. The Labute approximate surface area is 283 Å². The summed E-state index contributed by atoms with van der Waals surface area (Å²) in [5.74, 6) is -0.718. The van der Waals surface area contributed by atoms with Gasteiger partial charge >= 0.3 is 0 Å². The lowest BCUT2D eigenvalue weighted by Gasteiger charge is -2.33. The number of benzene rings is 2. The van der Waals surface area contributed by atoms with Crippen LogP contribution in [0.5, 0.6) is 0 Å². The van der Waals surface area contributed by atoms with Crippen LogP contribution in [-0.2, 0) is 36.6 Å². The number of H-pyrrole nitrogens is 1. The molecule has 1 aliphatic rings. The van der Waals surface area contributed by atoms with Gasteiger partial charge in [0.1, 0.15) is 12.3 Å². The van der Waals surface area contributed by atoms with Crippen molar-refractivity contribution in [3.63, 3.8) is 0 Å². The molecule has 1 amide bonds. The third-order valence-electron chi connectivity index (χ3n) is 7.47. The Morgan fingerprint density at radius 1 is 1.11 bits per heavy atom. The van der Waals surface area contributed by atoms with E-state index in [1.807, 2.05) is 51.4 Å². The molecule has 11 nitrogen and oxygen atoms in total. The molecule has 2 atom stereocenters. The van der Waals surface area contributed by atoms with Crippen molar-refractivity contribution in [1.29, 1.82) is 0 Å². The van der Waals surface area contributed by atoms with E-state index in [-0.39, 0.29) is 29.4 Å². The zero-order valence-corrected chi connectivity index (χ0v) is 29.3. The zero-order chi connectivity index (χ0) is 34.7. The number of aldehydes is 1. The second-order valence-electron chi connectivity index (χ2n) is 10.7. The number of sulfonamides is 1. The smallest absolute Gasteiger partial charge is 0.238 e. The average molecular weight is 685 g/mol. The van der Waals surface area contributed by atoms with E-state index >= 15 is 0 Å². The Morgan fingerprint density at radius 2 is 1.77 bits per heavy atom. The monoisotopic (exact) mass is 684 g/mol. The Morgan fingerprint density at radius 3 is 2.40 bits per heavy atom. The van der Waals surface area contributed by atoms with Crippen molar-refractivity contribution in [2.24, 2.45) is 10.9 Å². The fraction of sp³-hybridized carbons (Fsp3) is 0.412. The summed E-state index contributed by atoms with van der Waals surface area (Å²) >= 11 is 1.14. The van der Waals surface area contributed by atoms with Crippen LogP contribution in [0.2, 0.25) is 0 Å². The molecule has 2 unspecified atom stereocenters. The molecule has 256 valence electrons. The molecule has 1 aromatic heterocycles.